The zero-order valence-corrected chi connectivity index (χ0v) is 9.98. The Hall–Kier alpha value is -1.37. The third kappa shape index (κ3) is 2.35. The molecule has 1 nitrogen and oxygen atoms in total. The number of rotatable bonds is 2. The Labute approximate surface area is 91.9 Å². The van der Waals surface area contributed by atoms with Crippen molar-refractivity contribution in [3.05, 3.63) is 46.6 Å². The second-order valence-electron chi connectivity index (χ2n) is 4.12. The summed E-state index contributed by atoms with van der Waals surface area (Å²) < 4.78 is 0. The Bertz CT molecular complexity index is 403. The molecule has 0 fully saturated rings. The summed E-state index contributed by atoms with van der Waals surface area (Å²) in [6.07, 6.45) is 4.82. The van der Waals surface area contributed by atoms with Crippen LogP contribution >= 0.6 is 0 Å². The van der Waals surface area contributed by atoms with E-state index in [1.54, 1.807) is 6.92 Å². The molecule has 1 aliphatic rings. The number of carbonyl (C=O) groups excluding carboxylic acids is 1. The summed E-state index contributed by atoms with van der Waals surface area (Å²) in [4.78, 5) is 11.6. The molecule has 0 aromatic rings. The maximum absolute atomic E-state index is 11.6. The van der Waals surface area contributed by atoms with Crippen molar-refractivity contribution in [2.24, 2.45) is 0 Å². The number of hydrogen-bond acceptors (Lipinski definition) is 1. The predicted molar refractivity (Wildman–Crippen MR) is 64.7 cm³/mol. The fraction of sp³-hybridized carbons (Fsp3) is 0.357. The van der Waals surface area contributed by atoms with Crippen LogP contribution in [-0.2, 0) is 4.79 Å². The molecule has 80 valence electrons. The van der Waals surface area contributed by atoms with Gasteiger partial charge in [0.1, 0.15) is 0 Å². The molecule has 0 N–H and O–H groups in total. The minimum atomic E-state index is 0.144. The van der Waals surface area contributed by atoms with Gasteiger partial charge in [0.25, 0.3) is 0 Å². The van der Waals surface area contributed by atoms with Crippen molar-refractivity contribution >= 4 is 5.78 Å². The monoisotopic (exact) mass is 202 g/mol. The van der Waals surface area contributed by atoms with Crippen LogP contribution in [0, 0.1) is 0 Å². The molecule has 1 aliphatic carbocycles. The maximum Gasteiger partial charge on any atom is 0.160 e. The summed E-state index contributed by atoms with van der Waals surface area (Å²) in [5, 5.41) is 0. The third-order valence-corrected chi connectivity index (χ3v) is 2.89. The van der Waals surface area contributed by atoms with E-state index in [0.29, 0.717) is 0 Å². The van der Waals surface area contributed by atoms with E-state index >= 15 is 0 Å². The van der Waals surface area contributed by atoms with E-state index in [9.17, 15) is 4.79 Å². The number of carbonyl (C=O) groups is 1. The molecule has 0 heterocycles. The maximum atomic E-state index is 11.6. The molecule has 0 aliphatic heterocycles. The first-order valence-electron chi connectivity index (χ1n) is 5.19. The molecule has 0 bridgehead atoms. The van der Waals surface area contributed by atoms with Crippen LogP contribution in [0.2, 0.25) is 0 Å². The van der Waals surface area contributed by atoms with Gasteiger partial charge in [-0.2, -0.15) is 0 Å². The minimum absolute atomic E-state index is 0.144. The quantitative estimate of drug-likeness (QED) is 0.666. The molecule has 15 heavy (non-hydrogen) atoms. The van der Waals surface area contributed by atoms with E-state index < -0.39 is 0 Å². The van der Waals surface area contributed by atoms with E-state index in [1.165, 1.54) is 11.1 Å². The molecule has 0 saturated carbocycles. The van der Waals surface area contributed by atoms with Gasteiger partial charge in [-0.15, -0.1) is 0 Å². The topological polar surface area (TPSA) is 17.1 Å². The first-order chi connectivity index (χ1) is 6.97. The number of allylic oxidation sites excluding steroid dienone is 7. The highest BCUT2D eigenvalue weighted by Gasteiger charge is 2.15. The van der Waals surface area contributed by atoms with Crippen LogP contribution in [0.4, 0.5) is 0 Å². The zero-order valence-electron chi connectivity index (χ0n) is 9.98. The Balaban J connectivity index is 3.41. The van der Waals surface area contributed by atoms with Crippen molar-refractivity contribution in [3.63, 3.8) is 0 Å². The fourth-order valence-corrected chi connectivity index (χ4v) is 2.02. The van der Waals surface area contributed by atoms with Gasteiger partial charge in [0, 0.05) is 5.57 Å². The van der Waals surface area contributed by atoms with Crippen LogP contribution in [0.5, 0.6) is 0 Å². The number of Topliss-reactive ketones (excluding diaryl/α,β-unsaturated/α-hetero) is 1. The lowest BCUT2D eigenvalue weighted by Crippen LogP contribution is -2.01. The molecule has 0 unspecified atom stereocenters. The second-order valence-corrected chi connectivity index (χ2v) is 4.12. The highest BCUT2D eigenvalue weighted by Crippen LogP contribution is 2.28. The molecule has 0 radical (unpaired) electrons. The number of ketones is 1. The minimum Gasteiger partial charge on any atom is -0.294 e. The zero-order chi connectivity index (χ0) is 11.6. The largest absolute Gasteiger partial charge is 0.294 e. The van der Waals surface area contributed by atoms with Crippen molar-refractivity contribution in [2.75, 3.05) is 0 Å². The molecule has 0 atom stereocenters. The van der Waals surface area contributed by atoms with Gasteiger partial charge in [0.05, 0.1) is 0 Å². The van der Waals surface area contributed by atoms with Crippen LogP contribution in [0.1, 0.15) is 34.1 Å². The van der Waals surface area contributed by atoms with E-state index in [0.717, 1.165) is 23.1 Å². The predicted octanol–water partition coefficient (Wildman–Crippen LogP) is 3.74. The van der Waals surface area contributed by atoms with Crippen LogP contribution in [-0.4, -0.2) is 5.78 Å². The van der Waals surface area contributed by atoms with Crippen molar-refractivity contribution in [1.29, 1.82) is 0 Å². The molecular weight excluding hydrogens is 184 g/mol. The normalized spacial score (nSPS) is 17.5. The smallest absolute Gasteiger partial charge is 0.160 e. The average Bonchev–Trinajstić information content (AvgIpc) is 2.25. The average molecular weight is 202 g/mol. The molecule has 1 heteroatoms. The Morgan fingerprint density at radius 2 is 2.00 bits per heavy atom. The third-order valence-electron chi connectivity index (χ3n) is 2.89. The van der Waals surface area contributed by atoms with Crippen LogP contribution in [0.25, 0.3) is 0 Å². The molecule has 0 amide bonds. The second kappa shape index (κ2) is 4.43. The van der Waals surface area contributed by atoms with Gasteiger partial charge < -0.3 is 0 Å². The van der Waals surface area contributed by atoms with Gasteiger partial charge in [-0.1, -0.05) is 24.3 Å². The molecule has 0 saturated heterocycles. The van der Waals surface area contributed by atoms with Crippen molar-refractivity contribution in [3.8, 4) is 0 Å². The summed E-state index contributed by atoms with van der Waals surface area (Å²) in [6.45, 7) is 11.5. The standard InChI is InChI=1S/C14H18O/c1-6-13-7-9(2)11(4)14(12(5)15)10(3)8-13/h6,8H,1,7H2,2-5H3. The lowest BCUT2D eigenvalue weighted by molar-refractivity contribution is -0.113. The summed E-state index contributed by atoms with van der Waals surface area (Å²) in [5.74, 6) is 0.144. The van der Waals surface area contributed by atoms with Crippen LogP contribution in [0.3, 0.4) is 0 Å². The van der Waals surface area contributed by atoms with E-state index in [1.807, 2.05) is 19.9 Å². The highest BCUT2D eigenvalue weighted by molar-refractivity contribution is 5.99. The van der Waals surface area contributed by atoms with E-state index in [2.05, 4.69) is 19.6 Å². The molecule has 0 aromatic heterocycles. The Morgan fingerprint density at radius 1 is 1.40 bits per heavy atom. The summed E-state index contributed by atoms with van der Waals surface area (Å²) in [5.41, 5.74) is 5.47. The van der Waals surface area contributed by atoms with Gasteiger partial charge in [-0.3, -0.25) is 4.79 Å². The van der Waals surface area contributed by atoms with Crippen LogP contribution in [0.15, 0.2) is 46.6 Å². The molecule has 1 rings (SSSR count). The Kier molecular flexibility index (Phi) is 3.46. The summed E-state index contributed by atoms with van der Waals surface area (Å²) >= 11 is 0. The van der Waals surface area contributed by atoms with Crippen molar-refractivity contribution in [2.45, 2.75) is 34.1 Å². The van der Waals surface area contributed by atoms with E-state index in [4.69, 9.17) is 0 Å². The molecule has 0 aromatic carbocycles. The number of hydrogen-bond donors (Lipinski definition) is 0. The van der Waals surface area contributed by atoms with E-state index in [-0.39, 0.29) is 5.78 Å². The molecule has 0 spiro atoms. The fourth-order valence-electron chi connectivity index (χ4n) is 2.02. The van der Waals surface area contributed by atoms with Crippen LogP contribution < -0.4 is 0 Å². The highest BCUT2D eigenvalue weighted by atomic mass is 16.1. The van der Waals surface area contributed by atoms with Crippen molar-refractivity contribution < 1.29 is 4.79 Å². The first kappa shape index (κ1) is 11.7. The lowest BCUT2D eigenvalue weighted by Gasteiger charge is -2.08. The van der Waals surface area contributed by atoms with Crippen molar-refractivity contribution in [1.82, 2.24) is 0 Å². The SMILES string of the molecule is C=CC1=CC(C)=C(C(C)=O)C(C)=C(C)C1. The first-order valence-corrected chi connectivity index (χ1v) is 5.19. The van der Waals surface area contributed by atoms with Gasteiger partial charge in [-0.25, -0.2) is 0 Å². The molecular formula is C14H18O. The van der Waals surface area contributed by atoms with Gasteiger partial charge in [-0.05, 0) is 50.8 Å². The summed E-state index contributed by atoms with van der Waals surface area (Å²) in [7, 11) is 0. The van der Waals surface area contributed by atoms with Gasteiger partial charge in [0.2, 0.25) is 0 Å². The summed E-state index contributed by atoms with van der Waals surface area (Å²) in [6, 6.07) is 0. The lowest BCUT2D eigenvalue weighted by atomic mass is 9.96. The Morgan fingerprint density at radius 3 is 2.47 bits per heavy atom. The van der Waals surface area contributed by atoms with Gasteiger partial charge in [0.15, 0.2) is 5.78 Å². The van der Waals surface area contributed by atoms with Gasteiger partial charge >= 0.3 is 0 Å².